The Labute approximate surface area is 121 Å². The van der Waals surface area contributed by atoms with E-state index in [2.05, 4.69) is 6.58 Å². The van der Waals surface area contributed by atoms with Gasteiger partial charge in [0.2, 0.25) is 0 Å². The van der Waals surface area contributed by atoms with Crippen LogP contribution < -0.4 is 0 Å². The van der Waals surface area contributed by atoms with Crippen LogP contribution in [-0.4, -0.2) is 39.9 Å². The van der Waals surface area contributed by atoms with Crippen LogP contribution in [0, 0.1) is 0 Å². The number of hydrogen-bond donors (Lipinski definition) is 1. The smallest absolute Gasteiger partial charge is 0.337 e. The molecule has 0 atom stereocenters. The van der Waals surface area contributed by atoms with Crippen molar-refractivity contribution in [3.05, 3.63) is 35.4 Å². The summed E-state index contributed by atoms with van der Waals surface area (Å²) in [6, 6.07) is 1.87. The van der Waals surface area contributed by atoms with Gasteiger partial charge in [-0.05, 0) is 12.1 Å². The van der Waals surface area contributed by atoms with Gasteiger partial charge in [0.05, 0.1) is 21.2 Å². The third kappa shape index (κ3) is 3.20. The van der Waals surface area contributed by atoms with Crippen LogP contribution in [0.2, 0.25) is 5.02 Å². The fourth-order valence-corrected chi connectivity index (χ4v) is 5.00. The molecule has 9 heteroatoms. The Morgan fingerprint density at radius 3 is 2.30 bits per heavy atom. The molecule has 0 saturated heterocycles. The minimum absolute atomic E-state index is 0.485. The van der Waals surface area contributed by atoms with Crippen LogP contribution in [0.4, 0.5) is 0 Å². The van der Waals surface area contributed by atoms with E-state index in [0.29, 0.717) is 0 Å². The molecule has 1 N–H and O–H groups in total. The number of sulfone groups is 2. The lowest BCUT2D eigenvalue weighted by molar-refractivity contribution is 0.0696. The Morgan fingerprint density at radius 2 is 1.90 bits per heavy atom. The van der Waals surface area contributed by atoms with Crippen molar-refractivity contribution in [3.63, 3.8) is 0 Å². The summed E-state index contributed by atoms with van der Waals surface area (Å²) in [5, 5.41) is 8.31. The van der Waals surface area contributed by atoms with Gasteiger partial charge >= 0.3 is 5.97 Å². The second-order valence-electron chi connectivity index (χ2n) is 3.90. The molecule has 0 aliphatic rings. The molecule has 0 heterocycles. The fraction of sp³-hybridized carbons (Fsp3) is 0.182. The second kappa shape index (κ2) is 5.55. The Morgan fingerprint density at radius 1 is 1.35 bits per heavy atom. The summed E-state index contributed by atoms with van der Waals surface area (Å²) in [6.07, 6.45) is 1.87. The van der Waals surface area contributed by atoms with Crippen LogP contribution in [0.15, 0.2) is 34.6 Å². The maximum Gasteiger partial charge on any atom is 0.337 e. The van der Waals surface area contributed by atoms with Gasteiger partial charge < -0.3 is 5.11 Å². The highest BCUT2D eigenvalue weighted by Gasteiger charge is 2.29. The van der Waals surface area contributed by atoms with E-state index in [1.54, 1.807) is 0 Å². The molecule has 0 aliphatic heterocycles. The number of halogens is 1. The van der Waals surface area contributed by atoms with E-state index in [0.717, 1.165) is 24.5 Å². The fourth-order valence-electron chi connectivity index (χ4n) is 1.52. The molecular weight excluding hydrogens is 328 g/mol. The van der Waals surface area contributed by atoms with Crippen LogP contribution >= 0.6 is 11.6 Å². The van der Waals surface area contributed by atoms with Crippen molar-refractivity contribution in [2.45, 2.75) is 9.79 Å². The van der Waals surface area contributed by atoms with Crippen LogP contribution in [0.3, 0.4) is 0 Å². The first-order valence-electron chi connectivity index (χ1n) is 5.12. The molecule has 6 nitrogen and oxygen atoms in total. The number of rotatable bonds is 5. The summed E-state index contributed by atoms with van der Waals surface area (Å²) in [6.45, 7) is 3.26. The molecule has 110 valence electrons. The van der Waals surface area contributed by atoms with Crippen LogP contribution in [-0.2, 0) is 19.7 Å². The third-order valence-electron chi connectivity index (χ3n) is 2.34. The number of hydrogen-bond acceptors (Lipinski definition) is 5. The molecule has 0 spiro atoms. The summed E-state index contributed by atoms with van der Waals surface area (Å²) >= 11 is 5.78. The van der Waals surface area contributed by atoms with Crippen molar-refractivity contribution in [1.82, 2.24) is 0 Å². The molecule has 0 aliphatic carbocycles. The average Bonchev–Trinajstić information content (AvgIpc) is 2.26. The number of benzene rings is 1. The van der Waals surface area contributed by atoms with Crippen LogP contribution in [0.25, 0.3) is 0 Å². The largest absolute Gasteiger partial charge is 0.478 e. The summed E-state index contributed by atoms with van der Waals surface area (Å²) in [5.74, 6) is -2.01. The molecule has 1 rings (SSSR count). The van der Waals surface area contributed by atoms with Gasteiger partial charge in [-0.3, -0.25) is 0 Å². The molecule has 0 amide bonds. The van der Waals surface area contributed by atoms with Crippen molar-refractivity contribution >= 4 is 37.2 Å². The van der Waals surface area contributed by atoms with E-state index in [-0.39, 0.29) is 0 Å². The first kappa shape index (κ1) is 16.7. The maximum absolute atomic E-state index is 12.1. The summed E-state index contributed by atoms with van der Waals surface area (Å²) < 4.78 is 47.4. The summed E-state index contributed by atoms with van der Waals surface area (Å²) in [4.78, 5) is 9.73. The van der Waals surface area contributed by atoms with Gasteiger partial charge in [0.1, 0.15) is 4.90 Å². The average molecular weight is 339 g/mol. The molecule has 0 fully saturated rings. The first-order valence-corrected chi connectivity index (χ1v) is 9.04. The van der Waals surface area contributed by atoms with Gasteiger partial charge in [0.25, 0.3) is 0 Å². The molecular formula is C11H11ClO6S2. The molecule has 0 bridgehead atoms. The Hall–Kier alpha value is -1.38. The maximum atomic E-state index is 12.1. The summed E-state index contributed by atoms with van der Waals surface area (Å²) in [7, 11) is -7.99. The highest BCUT2D eigenvalue weighted by atomic mass is 35.5. The molecule has 0 aromatic heterocycles. The zero-order chi connectivity index (χ0) is 15.7. The molecule has 1 aromatic carbocycles. The van der Waals surface area contributed by atoms with E-state index in [9.17, 15) is 21.6 Å². The second-order valence-corrected chi connectivity index (χ2v) is 8.23. The topological polar surface area (TPSA) is 106 Å². The van der Waals surface area contributed by atoms with Gasteiger partial charge in [-0.2, -0.15) is 0 Å². The van der Waals surface area contributed by atoms with E-state index in [4.69, 9.17) is 16.7 Å². The van der Waals surface area contributed by atoms with Gasteiger partial charge in [0.15, 0.2) is 19.7 Å². The standard InChI is InChI=1S/C11H11ClO6S2/c1-3-6-20(17,18)10-8(19(2,15)16)5-4-7(9(10)12)11(13)14/h3-5H,1,6H2,2H3,(H,13,14). The van der Waals surface area contributed by atoms with E-state index in [1.807, 2.05) is 0 Å². The van der Waals surface area contributed by atoms with E-state index in [1.165, 1.54) is 0 Å². The predicted molar refractivity (Wildman–Crippen MR) is 73.8 cm³/mol. The number of carboxylic acid groups (broad SMARTS) is 1. The number of carboxylic acids is 1. The predicted octanol–water partition coefficient (Wildman–Crippen LogP) is 1.40. The van der Waals surface area contributed by atoms with Crippen molar-refractivity contribution in [2.75, 3.05) is 12.0 Å². The van der Waals surface area contributed by atoms with Crippen LogP contribution in [0.5, 0.6) is 0 Å². The number of aromatic carboxylic acids is 1. The van der Waals surface area contributed by atoms with Crippen LogP contribution in [0.1, 0.15) is 10.4 Å². The van der Waals surface area contributed by atoms with Gasteiger partial charge in [0, 0.05) is 6.26 Å². The molecule has 0 saturated carbocycles. The molecule has 1 aromatic rings. The summed E-state index contributed by atoms with van der Waals surface area (Å²) in [5.41, 5.74) is -0.485. The quantitative estimate of drug-likeness (QED) is 0.813. The van der Waals surface area contributed by atoms with Crippen molar-refractivity contribution < 1.29 is 26.7 Å². The molecule has 0 radical (unpaired) electrons. The Bertz CT molecular complexity index is 777. The normalized spacial score (nSPS) is 12.1. The monoisotopic (exact) mass is 338 g/mol. The first-order chi connectivity index (χ1) is 9.02. The minimum Gasteiger partial charge on any atom is -0.478 e. The molecule has 0 unspecified atom stereocenters. The lowest BCUT2D eigenvalue weighted by Crippen LogP contribution is -2.14. The highest BCUT2D eigenvalue weighted by molar-refractivity contribution is 7.94. The van der Waals surface area contributed by atoms with E-state index < -0.39 is 51.8 Å². The molecule has 20 heavy (non-hydrogen) atoms. The highest BCUT2D eigenvalue weighted by Crippen LogP contribution is 2.32. The lowest BCUT2D eigenvalue weighted by atomic mass is 10.2. The van der Waals surface area contributed by atoms with Gasteiger partial charge in [-0.1, -0.05) is 17.7 Å². The minimum atomic E-state index is -4.10. The Balaban J connectivity index is 3.90. The van der Waals surface area contributed by atoms with Gasteiger partial charge in [-0.25, -0.2) is 21.6 Å². The van der Waals surface area contributed by atoms with Crippen molar-refractivity contribution in [1.29, 1.82) is 0 Å². The zero-order valence-electron chi connectivity index (χ0n) is 10.3. The lowest BCUT2D eigenvalue weighted by Gasteiger charge is -2.12. The third-order valence-corrected chi connectivity index (χ3v) is 5.83. The van der Waals surface area contributed by atoms with Crippen molar-refractivity contribution in [2.24, 2.45) is 0 Å². The van der Waals surface area contributed by atoms with E-state index >= 15 is 0 Å². The number of carbonyl (C=O) groups is 1. The Kier molecular flexibility index (Phi) is 4.62. The zero-order valence-corrected chi connectivity index (χ0v) is 12.7. The van der Waals surface area contributed by atoms with Gasteiger partial charge in [-0.15, -0.1) is 6.58 Å². The van der Waals surface area contributed by atoms with Crippen molar-refractivity contribution in [3.8, 4) is 0 Å². The SMILES string of the molecule is C=CCS(=O)(=O)c1c(S(C)(=O)=O)ccc(C(=O)O)c1Cl.